The number of carbonyl (C=O) groups is 1. The lowest BCUT2D eigenvalue weighted by Gasteiger charge is -2.07. The number of nitrogens with zero attached hydrogens (tertiary/aromatic N) is 1. The van der Waals surface area contributed by atoms with Gasteiger partial charge in [0.05, 0.1) is 17.2 Å². The highest BCUT2D eigenvalue weighted by Crippen LogP contribution is 2.21. The second-order valence-corrected chi connectivity index (χ2v) is 6.31. The lowest BCUT2D eigenvalue weighted by molar-refractivity contribution is -0.120. The van der Waals surface area contributed by atoms with Crippen molar-refractivity contribution >= 4 is 34.8 Å². The molecule has 0 spiro atoms. The Hall–Kier alpha value is -1.84. The number of hydrogen-bond donors (Lipinski definition) is 1. The summed E-state index contributed by atoms with van der Waals surface area (Å²) in [6.45, 7) is 5.81. The molecule has 0 fully saturated rings. The molecule has 0 heterocycles. The van der Waals surface area contributed by atoms with E-state index in [-0.39, 0.29) is 12.3 Å². The number of nitrogens with one attached hydrogen (secondary N) is 1. The topological polar surface area (TPSA) is 41.5 Å². The molecular weight excluding hydrogens is 331 g/mol. The number of rotatable bonds is 4. The highest BCUT2D eigenvalue weighted by atomic mass is 35.5. The monoisotopic (exact) mass is 348 g/mol. The van der Waals surface area contributed by atoms with Gasteiger partial charge in [-0.15, -0.1) is 0 Å². The van der Waals surface area contributed by atoms with Crippen LogP contribution >= 0.6 is 23.2 Å². The van der Waals surface area contributed by atoms with Crippen molar-refractivity contribution in [2.45, 2.75) is 27.2 Å². The van der Waals surface area contributed by atoms with Crippen LogP contribution < -0.4 is 5.43 Å². The minimum absolute atomic E-state index is 0.165. The predicted molar refractivity (Wildman–Crippen MR) is 96.4 cm³/mol. The number of halogens is 2. The van der Waals surface area contributed by atoms with E-state index in [1.54, 1.807) is 25.1 Å². The van der Waals surface area contributed by atoms with Gasteiger partial charge >= 0.3 is 0 Å². The smallest absolute Gasteiger partial charge is 0.244 e. The fourth-order valence-electron chi connectivity index (χ4n) is 2.25. The minimum Gasteiger partial charge on any atom is -0.273 e. The number of hydrazone groups is 1. The predicted octanol–water partition coefficient (Wildman–Crippen LogP) is 4.69. The summed E-state index contributed by atoms with van der Waals surface area (Å²) in [5, 5.41) is 5.18. The first-order valence-corrected chi connectivity index (χ1v) is 7.97. The van der Waals surface area contributed by atoms with E-state index in [2.05, 4.69) is 16.6 Å². The number of aryl methyl sites for hydroxylation is 2. The van der Waals surface area contributed by atoms with E-state index in [9.17, 15) is 4.79 Å². The Morgan fingerprint density at radius 3 is 2.52 bits per heavy atom. The maximum atomic E-state index is 12.1. The van der Waals surface area contributed by atoms with E-state index in [1.165, 1.54) is 5.56 Å². The van der Waals surface area contributed by atoms with Crippen molar-refractivity contribution < 1.29 is 4.79 Å². The Morgan fingerprint density at radius 2 is 1.87 bits per heavy atom. The molecule has 0 atom stereocenters. The Bertz CT molecular complexity index is 770. The van der Waals surface area contributed by atoms with Gasteiger partial charge in [0.2, 0.25) is 5.91 Å². The van der Waals surface area contributed by atoms with Crippen molar-refractivity contribution in [3.8, 4) is 0 Å². The fraction of sp³-hybridized carbons (Fsp3) is 0.222. The van der Waals surface area contributed by atoms with Gasteiger partial charge in [-0.3, -0.25) is 4.79 Å². The summed E-state index contributed by atoms with van der Waals surface area (Å²) in [7, 11) is 0. The zero-order valence-corrected chi connectivity index (χ0v) is 14.8. The van der Waals surface area contributed by atoms with E-state index in [4.69, 9.17) is 23.2 Å². The molecule has 0 aliphatic heterocycles. The highest BCUT2D eigenvalue weighted by Gasteiger charge is 2.08. The molecule has 5 heteroatoms. The third-order valence-electron chi connectivity index (χ3n) is 3.52. The molecule has 120 valence electrons. The summed E-state index contributed by atoms with van der Waals surface area (Å²) < 4.78 is 0. The van der Waals surface area contributed by atoms with Gasteiger partial charge in [-0.2, -0.15) is 5.10 Å². The van der Waals surface area contributed by atoms with Crippen LogP contribution in [0.2, 0.25) is 10.0 Å². The van der Waals surface area contributed by atoms with Gasteiger partial charge < -0.3 is 0 Å². The van der Waals surface area contributed by atoms with Crippen molar-refractivity contribution in [1.82, 2.24) is 5.43 Å². The first-order valence-electron chi connectivity index (χ1n) is 7.21. The summed E-state index contributed by atoms with van der Waals surface area (Å²) in [5.74, 6) is -0.165. The van der Waals surface area contributed by atoms with Crippen LogP contribution in [0, 0.1) is 13.8 Å². The summed E-state index contributed by atoms with van der Waals surface area (Å²) in [5.41, 5.74) is 7.20. The number of amides is 1. The average molecular weight is 349 g/mol. The van der Waals surface area contributed by atoms with E-state index in [1.807, 2.05) is 26.0 Å². The summed E-state index contributed by atoms with van der Waals surface area (Å²) in [6.07, 6.45) is 0.289. The maximum absolute atomic E-state index is 12.1. The largest absolute Gasteiger partial charge is 0.273 e. The lowest BCUT2D eigenvalue weighted by Crippen LogP contribution is -2.21. The molecule has 0 aliphatic rings. The van der Waals surface area contributed by atoms with Crippen LogP contribution in [-0.4, -0.2) is 11.6 Å². The van der Waals surface area contributed by atoms with Crippen LogP contribution in [0.3, 0.4) is 0 Å². The first-order chi connectivity index (χ1) is 10.9. The van der Waals surface area contributed by atoms with E-state index in [0.29, 0.717) is 15.8 Å². The van der Waals surface area contributed by atoms with Crippen molar-refractivity contribution in [2.75, 3.05) is 0 Å². The Morgan fingerprint density at radius 1 is 1.13 bits per heavy atom. The molecule has 23 heavy (non-hydrogen) atoms. The summed E-state index contributed by atoms with van der Waals surface area (Å²) >= 11 is 12.0. The summed E-state index contributed by atoms with van der Waals surface area (Å²) in [6, 6.07) is 11.2. The number of benzene rings is 2. The van der Waals surface area contributed by atoms with Crippen molar-refractivity contribution in [3.63, 3.8) is 0 Å². The van der Waals surface area contributed by atoms with Crippen LogP contribution in [0.1, 0.15) is 29.2 Å². The number of carbonyl (C=O) groups excluding carboxylic acids is 1. The second-order valence-electron chi connectivity index (χ2n) is 5.46. The molecular formula is C18H18Cl2N2O. The average Bonchev–Trinajstić information content (AvgIpc) is 2.48. The summed E-state index contributed by atoms with van der Waals surface area (Å²) in [4.78, 5) is 12.1. The van der Waals surface area contributed by atoms with Gasteiger partial charge in [0.1, 0.15) is 0 Å². The zero-order valence-electron chi connectivity index (χ0n) is 13.3. The standard InChI is InChI=1S/C18H18Cl2N2O/c1-11-4-5-14(12(2)8-11)9-18(23)22-21-13(3)16-7-6-15(19)10-17(16)20/h4-8,10H,9H2,1-3H3,(H,22,23)/b21-13+. The fourth-order valence-corrected chi connectivity index (χ4v) is 2.79. The molecule has 0 saturated heterocycles. The molecule has 3 nitrogen and oxygen atoms in total. The van der Waals surface area contributed by atoms with Gasteiger partial charge in [-0.1, -0.05) is 53.0 Å². The van der Waals surface area contributed by atoms with Gasteiger partial charge in [0.15, 0.2) is 0 Å². The minimum atomic E-state index is -0.165. The van der Waals surface area contributed by atoms with Gasteiger partial charge in [-0.25, -0.2) is 5.43 Å². The quantitative estimate of drug-likeness (QED) is 0.631. The van der Waals surface area contributed by atoms with Crippen LogP contribution in [-0.2, 0) is 11.2 Å². The molecule has 0 aromatic heterocycles. The zero-order chi connectivity index (χ0) is 17.0. The van der Waals surface area contributed by atoms with E-state index >= 15 is 0 Å². The molecule has 2 rings (SSSR count). The van der Waals surface area contributed by atoms with Gasteiger partial charge in [-0.05, 0) is 44.0 Å². The van der Waals surface area contributed by atoms with Gasteiger partial charge in [0, 0.05) is 10.6 Å². The van der Waals surface area contributed by atoms with E-state index in [0.717, 1.165) is 16.7 Å². The Kier molecular flexibility index (Phi) is 5.80. The normalized spacial score (nSPS) is 11.4. The van der Waals surface area contributed by atoms with Crippen molar-refractivity contribution in [1.29, 1.82) is 0 Å². The SMILES string of the molecule is C/C(=N\NC(=O)Cc1ccc(C)cc1C)c1ccc(Cl)cc1Cl. The molecule has 1 amide bonds. The van der Waals surface area contributed by atoms with Crippen LogP contribution in [0.4, 0.5) is 0 Å². The van der Waals surface area contributed by atoms with Crippen LogP contribution in [0.15, 0.2) is 41.5 Å². The molecule has 0 radical (unpaired) electrons. The lowest BCUT2D eigenvalue weighted by atomic mass is 10.0. The first kappa shape index (κ1) is 17.5. The maximum Gasteiger partial charge on any atom is 0.244 e. The Labute approximate surface area is 146 Å². The van der Waals surface area contributed by atoms with Crippen molar-refractivity contribution in [3.05, 3.63) is 68.7 Å². The number of hydrogen-bond acceptors (Lipinski definition) is 2. The second kappa shape index (κ2) is 7.62. The Balaban J connectivity index is 2.05. The molecule has 2 aromatic rings. The van der Waals surface area contributed by atoms with Gasteiger partial charge in [0.25, 0.3) is 0 Å². The third-order valence-corrected chi connectivity index (χ3v) is 4.07. The molecule has 1 N–H and O–H groups in total. The molecule has 0 bridgehead atoms. The molecule has 0 aliphatic carbocycles. The molecule has 0 saturated carbocycles. The third kappa shape index (κ3) is 4.81. The van der Waals surface area contributed by atoms with Crippen LogP contribution in [0.25, 0.3) is 0 Å². The molecule has 0 unspecified atom stereocenters. The molecule has 2 aromatic carbocycles. The van der Waals surface area contributed by atoms with Crippen molar-refractivity contribution in [2.24, 2.45) is 5.10 Å². The van der Waals surface area contributed by atoms with E-state index < -0.39 is 0 Å². The highest BCUT2D eigenvalue weighted by molar-refractivity contribution is 6.37. The van der Waals surface area contributed by atoms with Crippen LogP contribution in [0.5, 0.6) is 0 Å².